The lowest BCUT2D eigenvalue weighted by Gasteiger charge is -2.05. The lowest BCUT2D eigenvalue weighted by atomic mass is 10.2. The van der Waals surface area contributed by atoms with Crippen molar-refractivity contribution in [3.63, 3.8) is 0 Å². The van der Waals surface area contributed by atoms with Crippen LogP contribution in [0, 0.1) is 3.57 Å². The number of hydrogen-bond donors (Lipinski definition) is 1. The summed E-state index contributed by atoms with van der Waals surface area (Å²) in [4.78, 5) is 10.5. The lowest BCUT2D eigenvalue weighted by molar-refractivity contribution is 0.112. The second kappa shape index (κ2) is 3.75. The Balaban J connectivity index is 3.16. The van der Waals surface area contributed by atoms with Gasteiger partial charge in [0.1, 0.15) is 6.29 Å². The van der Waals surface area contributed by atoms with Crippen molar-refractivity contribution in [2.24, 2.45) is 0 Å². The Morgan fingerprint density at radius 3 is 3.08 bits per heavy atom. The highest BCUT2D eigenvalue weighted by Crippen LogP contribution is 2.31. The number of carbonyl (C=O) groups is 1. The van der Waals surface area contributed by atoms with Crippen LogP contribution in [-0.2, 0) is 0 Å². The van der Waals surface area contributed by atoms with E-state index in [-0.39, 0.29) is 17.1 Å². The third-order valence-electron chi connectivity index (χ3n) is 1.30. The summed E-state index contributed by atoms with van der Waals surface area (Å²) in [5.41, 5.74) is 0.247. The number of carbonyl (C=O) groups excluding carboxylic acids is 1. The SMILES string of the molecule is [2H]C([2H])([2H])Oc1cc(C=O)cc(I)c1O. The van der Waals surface area contributed by atoms with Crippen molar-refractivity contribution in [3.8, 4) is 11.5 Å². The van der Waals surface area contributed by atoms with E-state index in [0.29, 0.717) is 9.86 Å². The number of aromatic hydroxyl groups is 1. The maximum absolute atomic E-state index is 10.5. The molecule has 0 radical (unpaired) electrons. The summed E-state index contributed by atoms with van der Waals surface area (Å²) in [7, 11) is -2.65. The van der Waals surface area contributed by atoms with Gasteiger partial charge in [0.15, 0.2) is 11.5 Å². The molecule has 3 nitrogen and oxygen atoms in total. The van der Waals surface area contributed by atoms with Gasteiger partial charge in [-0.1, -0.05) is 0 Å². The van der Waals surface area contributed by atoms with Crippen LogP contribution in [0.25, 0.3) is 0 Å². The molecule has 1 rings (SSSR count). The van der Waals surface area contributed by atoms with Gasteiger partial charge in [-0.2, -0.15) is 0 Å². The van der Waals surface area contributed by atoms with Crippen molar-refractivity contribution in [2.75, 3.05) is 7.04 Å². The number of aldehydes is 1. The molecule has 4 heteroatoms. The van der Waals surface area contributed by atoms with E-state index in [9.17, 15) is 9.90 Å². The Kier molecular flexibility index (Phi) is 1.81. The molecule has 0 aliphatic carbocycles. The smallest absolute Gasteiger partial charge is 0.171 e. The number of methoxy groups -OCH3 is 1. The summed E-state index contributed by atoms with van der Waals surface area (Å²) in [5, 5.41) is 9.48. The molecular weight excluding hydrogens is 271 g/mol. The molecule has 0 spiro atoms. The van der Waals surface area contributed by atoms with Gasteiger partial charge in [-0.05, 0) is 34.7 Å². The first-order valence-electron chi connectivity index (χ1n) is 4.50. The van der Waals surface area contributed by atoms with Crippen molar-refractivity contribution >= 4 is 28.9 Å². The van der Waals surface area contributed by atoms with Crippen LogP contribution in [0.3, 0.4) is 0 Å². The summed E-state index contributed by atoms with van der Waals surface area (Å²) < 4.78 is 25.5. The minimum Gasteiger partial charge on any atom is -0.504 e. The first kappa shape index (κ1) is 5.80. The number of benzene rings is 1. The molecule has 0 unspecified atom stereocenters. The van der Waals surface area contributed by atoms with Crippen LogP contribution in [-0.4, -0.2) is 18.4 Å². The van der Waals surface area contributed by atoms with E-state index in [0.717, 1.165) is 0 Å². The fourth-order valence-corrected chi connectivity index (χ4v) is 1.37. The highest BCUT2D eigenvalue weighted by atomic mass is 127. The van der Waals surface area contributed by atoms with E-state index in [1.807, 2.05) is 0 Å². The van der Waals surface area contributed by atoms with E-state index >= 15 is 0 Å². The third kappa shape index (κ3) is 1.69. The number of phenolic OH excluding ortho intramolecular Hbond substituents is 1. The van der Waals surface area contributed by atoms with Gasteiger partial charge in [0.05, 0.1) is 14.7 Å². The zero-order chi connectivity index (χ0) is 11.6. The summed E-state index contributed by atoms with van der Waals surface area (Å²) in [6.07, 6.45) is 0.550. The molecule has 1 aromatic carbocycles. The molecule has 1 N–H and O–H groups in total. The first-order chi connectivity index (χ1) is 6.83. The summed E-state index contributed by atoms with van der Waals surface area (Å²) in [6.45, 7) is 0. The summed E-state index contributed by atoms with van der Waals surface area (Å²) >= 11 is 1.78. The van der Waals surface area contributed by atoms with Gasteiger partial charge in [-0.25, -0.2) is 0 Å². The Morgan fingerprint density at radius 1 is 1.75 bits per heavy atom. The molecule has 0 atom stereocenters. The number of rotatable bonds is 2. The second-order valence-electron chi connectivity index (χ2n) is 2.07. The van der Waals surface area contributed by atoms with Crippen molar-refractivity contribution in [1.29, 1.82) is 0 Å². The topological polar surface area (TPSA) is 46.5 Å². The van der Waals surface area contributed by atoms with Gasteiger partial charge in [0, 0.05) is 5.56 Å². The monoisotopic (exact) mass is 281 g/mol. The standard InChI is InChI=1S/C8H7IO3/c1-12-7-3-5(4-10)2-6(9)8(7)11/h2-4,11H,1H3/i1D3. The van der Waals surface area contributed by atoms with Crippen LogP contribution in [0.2, 0.25) is 0 Å². The maximum atomic E-state index is 10.5. The van der Waals surface area contributed by atoms with Crippen molar-refractivity contribution in [1.82, 2.24) is 0 Å². The Morgan fingerprint density at radius 2 is 2.50 bits per heavy atom. The van der Waals surface area contributed by atoms with Crippen molar-refractivity contribution in [3.05, 3.63) is 21.3 Å². The molecule has 1 aromatic rings. The van der Waals surface area contributed by atoms with Gasteiger partial charge in [0.2, 0.25) is 0 Å². The molecule has 0 aromatic heterocycles. The molecule has 0 aliphatic rings. The second-order valence-corrected chi connectivity index (χ2v) is 3.23. The fourth-order valence-electron chi connectivity index (χ4n) is 0.740. The summed E-state index contributed by atoms with van der Waals surface area (Å²) in [5.74, 6) is -0.499. The van der Waals surface area contributed by atoms with Gasteiger partial charge >= 0.3 is 0 Å². The minimum absolute atomic E-state index is 0.219. The van der Waals surface area contributed by atoms with E-state index in [2.05, 4.69) is 4.74 Å². The van der Waals surface area contributed by atoms with Gasteiger partial charge in [0.25, 0.3) is 0 Å². The number of phenols is 1. The normalized spacial score (nSPS) is 14.2. The summed E-state index contributed by atoms with van der Waals surface area (Å²) in [6, 6.07) is 2.60. The molecule has 0 aliphatic heterocycles. The molecule has 0 fully saturated rings. The molecular formula is C8H7IO3. The van der Waals surface area contributed by atoms with Crippen LogP contribution < -0.4 is 4.74 Å². The zero-order valence-corrected chi connectivity index (χ0v) is 8.03. The maximum Gasteiger partial charge on any atom is 0.171 e. The fraction of sp³-hybridized carbons (Fsp3) is 0.125. The van der Waals surface area contributed by atoms with Crippen LogP contribution in [0.5, 0.6) is 11.5 Å². The minimum atomic E-state index is -2.65. The van der Waals surface area contributed by atoms with Gasteiger partial charge in [-0.15, -0.1) is 0 Å². The van der Waals surface area contributed by atoms with Crippen molar-refractivity contribution < 1.29 is 18.8 Å². The highest BCUT2D eigenvalue weighted by Gasteiger charge is 2.07. The third-order valence-corrected chi connectivity index (χ3v) is 2.12. The number of ether oxygens (including phenoxy) is 1. The van der Waals surface area contributed by atoms with E-state index in [1.54, 1.807) is 22.6 Å². The van der Waals surface area contributed by atoms with Crippen LogP contribution in [0.1, 0.15) is 14.5 Å². The number of hydrogen-bond acceptors (Lipinski definition) is 3. The predicted molar refractivity (Wildman–Crippen MR) is 52.8 cm³/mol. The quantitative estimate of drug-likeness (QED) is 0.664. The Hall–Kier alpha value is -0.780. The largest absolute Gasteiger partial charge is 0.504 e. The average molecular weight is 281 g/mol. The molecule has 0 amide bonds. The van der Waals surface area contributed by atoms with E-state index in [1.165, 1.54) is 12.1 Å². The zero-order valence-electron chi connectivity index (χ0n) is 8.87. The van der Waals surface area contributed by atoms with Gasteiger partial charge < -0.3 is 9.84 Å². The van der Waals surface area contributed by atoms with Gasteiger partial charge in [-0.3, -0.25) is 4.79 Å². The molecule has 12 heavy (non-hydrogen) atoms. The predicted octanol–water partition coefficient (Wildman–Crippen LogP) is 1.82. The molecule has 0 saturated carbocycles. The van der Waals surface area contributed by atoms with E-state index in [4.69, 9.17) is 4.11 Å². The Bertz CT molecular complexity index is 389. The Labute approximate surface area is 87.7 Å². The van der Waals surface area contributed by atoms with Crippen LogP contribution in [0.15, 0.2) is 12.1 Å². The molecule has 64 valence electrons. The van der Waals surface area contributed by atoms with Crippen molar-refractivity contribution in [2.45, 2.75) is 0 Å². The first-order valence-corrected chi connectivity index (χ1v) is 4.08. The average Bonchev–Trinajstić information content (AvgIpc) is 2.10. The van der Waals surface area contributed by atoms with Crippen LogP contribution >= 0.6 is 22.6 Å². The lowest BCUT2D eigenvalue weighted by Crippen LogP contribution is -1.89. The van der Waals surface area contributed by atoms with E-state index < -0.39 is 7.04 Å². The molecule has 0 saturated heterocycles. The molecule has 0 heterocycles. The molecule has 0 bridgehead atoms. The van der Waals surface area contributed by atoms with Crippen LogP contribution in [0.4, 0.5) is 0 Å². The highest BCUT2D eigenvalue weighted by molar-refractivity contribution is 14.1. The number of halogens is 1.